The zero-order valence-electron chi connectivity index (χ0n) is 49.8. The second-order valence-electron chi connectivity index (χ2n) is 23.1. The van der Waals surface area contributed by atoms with Crippen LogP contribution >= 0.6 is 7.82 Å². The van der Waals surface area contributed by atoms with Gasteiger partial charge in [-0.25, -0.2) is 4.57 Å². The maximum Gasteiger partial charge on any atom is 0.472 e. The Bertz CT molecular complexity index is 1340. The fraction of sp³-hybridized carbons (Fsp3) is 0.862. The van der Waals surface area contributed by atoms with Crippen molar-refractivity contribution in [1.82, 2.24) is 5.32 Å². The van der Waals surface area contributed by atoms with Gasteiger partial charge in [0.05, 0.1) is 39.9 Å². The predicted molar refractivity (Wildman–Crippen MR) is 323 cm³/mol. The number of likely N-dealkylation sites (N-methyl/N-ethyl adjacent to an activating group) is 1. The molecule has 1 amide bonds. The van der Waals surface area contributed by atoms with Gasteiger partial charge in [-0.3, -0.25) is 13.8 Å². The van der Waals surface area contributed by atoms with Crippen molar-refractivity contribution in [3.63, 3.8) is 0 Å². The molecular weight excluding hydrogens is 936 g/mol. The lowest BCUT2D eigenvalue weighted by atomic mass is 10.0. The lowest BCUT2D eigenvalue weighted by molar-refractivity contribution is -0.870. The molecule has 0 spiro atoms. The highest BCUT2D eigenvalue weighted by Gasteiger charge is 2.27. The summed E-state index contributed by atoms with van der Waals surface area (Å²) in [5.41, 5.74) is 0. The highest BCUT2D eigenvalue weighted by atomic mass is 31.2. The number of quaternary nitrogens is 1. The summed E-state index contributed by atoms with van der Waals surface area (Å²) >= 11 is 0. The van der Waals surface area contributed by atoms with E-state index in [0.717, 1.165) is 44.9 Å². The smallest absolute Gasteiger partial charge is 0.387 e. The number of hydrogen-bond donors (Lipinski definition) is 3. The molecule has 0 aliphatic heterocycles. The van der Waals surface area contributed by atoms with Gasteiger partial charge in [0.2, 0.25) is 5.91 Å². The monoisotopic (exact) mass is 1060 g/mol. The molecule has 0 aromatic rings. The molecule has 0 fully saturated rings. The topological polar surface area (TPSA) is 105 Å². The quantitative estimate of drug-likeness (QED) is 0.0243. The van der Waals surface area contributed by atoms with Crippen LogP contribution in [0.25, 0.3) is 0 Å². The summed E-state index contributed by atoms with van der Waals surface area (Å²) in [5, 5.41) is 13.9. The van der Waals surface area contributed by atoms with E-state index in [1.54, 1.807) is 6.08 Å². The number of nitrogens with zero attached hydrogens (tertiary/aromatic N) is 1. The number of amides is 1. The van der Waals surface area contributed by atoms with Crippen molar-refractivity contribution in [2.75, 3.05) is 40.9 Å². The summed E-state index contributed by atoms with van der Waals surface area (Å²) in [6.07, 6.45) is 75.2. The Morgan fingerprint density at radius 2 is 0.784 bits per heavy atom. The van der Waals surface area contributed by atoms with Gasteiger partial charge in [-0.05, 0) is 64.2 Å². The summed E-state index contributed by atoms with van der Waals surface area (Å²) in [7, 11) is 1.56. The highest BCUT2D eigenvalue weighted by Crippen LogP contribution is 2.43. The molecule has 0 aromatic carbocycles. The number of phosphoric ester groups is 1. The maximum absolute atomic E-state index is 13.0. The van der Waals surface area contributed by atoms with Crippen LogP contribution in [0.3, 0.4) is 0 Å². The minimum atomic E-state index is -4.36. The van der Waals surface area contributed by atoms with Crippen LogP contribution in [-0.4, -0.2) is 73.4 Å². The van der Waals surface area contributed by atoms with Gasteiger partial charge in [-0.1, -0.05) is 287 Å². The Balaban J connectivity index is 4.13. The number of carbonyl (C=O) groups is 1. The minimum Gasteiger partial charge on any atom is -0.387 e. The zero-order chi connectivity index (χ0) is 54.2. The number of unbranched alkanes of at least 4 members (excludes halogenated alkanes) is 40. The molecule has 0 radical (unpaired) electrons. The summed E-state index contributed by atoms with van der Waals surface area (Å²) in [6.45, 7) is 4.83. The van der Waals surface area contributed by atoms with Crippen molar-refractivity contribution in [1.29, 1.82) is 0 Å². The molecule has 0 heterocycles. The van der Waals surface area contributed by atoms with Crippen LogP contribution in [0.15, 0.2) is 48.6 Å². The number of allylic oxidation sites excluding steroid dienone is 7. The van der Waals surface area contributed by atoms with Crippen molar-refractivity contribution < 1.29 is 32.9 Å². The van der Waals surface area contributed by atoms with Crippen LogP contribution in [0, 0.1) is 0 Å². The van der Waals surface area contributed by atoms with Gasteiger partial charge in [-0.15, -0.1) is 0 Å². The van der Waals surface area contributed by atoms with E-state index in [2.05, 4.69) is 55.6 Å². The van der Waals surface area contributed by atoms with Crippen molar-refractivity contribution in [2.24, 2.45) is 0 Å². The second-order valence-corrected chi connectivity index (χ2v) is 24.6. The molecule has 3 atom stereocenters. The van der Waals surface area contributed by atoms with E-state index in [0.29, 0.717) is 17.4 Å². The van der Waals surface area contributed by atoms with Gasteiger partial charge in [0.15, 0.2) is 0 Å². The first-order valence-corrected chi connectivity index (χ1v) is 33.5. The number of rotatable bonds is 59. The standard InChI is InChI=1S/C65H125N2O6P/c1-6-8-10-12-14-16-18-20-22-24-26-28-29-30-31-32-33-34-35-36-37-39-41-43-45-47-49-51-53-55-57-59-65(69)66-63(62-73-74(70,71)72-61-60-67(3,4)5)64(68)58-56-54-52-50-48-46-44-42-40-38-27-25-23-21-19-17-15-13-11-9-7-2/h26,28,30-31,48,50,56,58,63-64,68H,6-25,27,29,32-47,49,51-55,57,59-62H2,1-5H3,(H-,66,69,70,71)/p+1/b28-26-,31-30-,50-48+,58-56+. The van der Waals surface area contributed by atoms with E-state index >= 15 is 0 Å². The van der Waals surface area contributed by atoms with E-state index in [4.69, 9.17) is 9.05 Å². The lowest BCUT2D eigenvalue weighted by Gasteiger charge is -2.25. The third-order valence-electron chi connectivity index (χ3n) is 14.5. The number of aliphatic hydroxyl groups excluding tert-OH is 1. The molecule has 9 heteroatoms. The van der Waals surface area contributed by atoms with Crippen LogP contribution in [0.5, 0.6) is 0 Å². The second kappa shape index (κ2) is 56.2. The molecular formula is C65H126N2O6P+. The molecule has 3 unspecified atom stereocenters. The average Bonchev–Trinajstić information content (AvgIpc) is 3.36. The molecule has 0 aliphatic carbocycles. The van der Waals surface area contributed by atoms with Gasteiger partial charge in [0.1, 0.15) is 13.2 Å². The van der Waals surface area contributed by atoms with Gasteiger partial charge in [0, 0.05) is 6.42 Å². The van der Waals surface area contributed by atoms with Crippen LogP contribution in [0.4, 0.5) is 0 Å². The molecule has 436 valence electrons. The molecule has 3 N–H and O–H groups in total. The summed E-state index contributed by atoms with van der Waals surface area (Å²) < 4.78 is 23.7. The number of hydrogen-bond acceptors (Lipinski definition) is 5. The Hall–Kier alpha value is -1.54. The molecule has 0 saturated carbocycles. The van der Waals surface area contributed by atoms with Crippen LogP contribution in [-0.2, 0) is 18.4 Å². The third-order valence-corrected chi connectivity index (χ3v) is 15.5. The normalized spacial score (nSPS) is 14.1. The predicted octanol–water partition coefficient (Wildman–Crippen LogP) is 19.9. The van der Waals surface area contributed by atoms with E-state index in [-0.39, 0.29) is 19.1 Å². The fourth-order valence-corrected chi connectivity index (χ4v) is 10.2. The van der Waals surface area contributed by atoms with Crippen molar-refractivity contribution in [3.8, 4) is 0 Å². The van der Waals surface area contributed by atoms with Crippen LogP contribution < -0.4 is 5.32 Å². The Morgan fingerprint density at radius 3 is 1.16 bits per heavy atom. The van der Waals surface area contributed by atoms with Gasteiger partial charge in [0.25, 0.3) is 0 Å². The van der Waals surface area contributed by atoms with Crippen LogP contribution in [0.1, 0.15) is 309 Å². The van der Waals surface area contributed by atoms with Crippen LogP contribution in [0.2, 0.25) is 0 Å². The van der Waals surface area contributed by atoms with E-state index in [9.17, 15) is 19.4 Å². The van der Waals surface area contributed by atoms with Gasteiger partial charge >= 0.3 is 7.82 Å². The van der Waals surface area contributed by atoms with Gasteiger partial charge < -0.3 is 19.8 Å². The Morgan fingerprint density at radius 1 is 0.459 bits per heavy atom. The number of nitrogens with one attached hydrogen (secondary N) is 1. The fourth-order valence-electron chi connectivity index (χ4n) is 9.50. The Kier molecular flexibility index (Phi) is 55.0. The first-order chi connectivity index (χ1) is 36.0. The average molecular weight is 1060 g/mol. The number of carbonyl (C=O) groups excluding carboxylic acids is 1. The lowest BCUT2D eigenvalue weighted by Crippen LogP contribution is -2.45. The first-order valence-electron chi connectivity index (χ1n) is 32.0. The Labute approximate surface area is 460 Å². The number of aliphatic hydroxyl groups is 1. The largest absolute Gasteiger partial charge is 0.472 e. The first kappa shape index (κ1) is 72.5. The SMILES string of the molecule is CCCCCCCCCCC/C=C\C/C=C\CCCCCCCCCCCCCCCCCC(=O)NC(COP(=O)(O)OCC[N+](C)(C)C)C(O)/C=C/CC/C=C/CCCCCCCCCCCCCCCCC. The van der Waals surface area contributed by atoms with Gasteiger partial charge in [-0.2, -0.15) is 0 Å². The molecule has 0 rings (SSSR count). The summed E-state index contributed by atoms with van der Waals surface area (Å²) in [6, 6.07) is -0.865. The minimum absolute atomic E-state index is 0.0564. The molecule has 74 heavy (non-hydrogen) atoms. The highest BCUT2D eigenvalue weighted by molar-refractivity contribution is 7.47. The maximum atomic E-state index is 13.0. The molecule has 0 aromatic heterocycles. The summed E-state index contributed by atoms with van der Waals surface area (Å²) in [4.78, 5) is 23.4. The third kappa shape index (κ3) is 58.1. The molecule has 0 bridgehead atoms. The summed E-state index contributed by atoms with van der Waals surface area (Å²) in [5.74, 6) is -0.183. The van der Waals surface area contributed by atoms with E-state index < -0.39 is 20.0 Å². The molecule has 0 aliphatic rings. The van der Waals surface area contributed by atoms with E-state index in [1.165, 1.54) is 244 Å². The van der Waals surface area contributed by atoms with Crippen molar-refractivity contribution in [2.45, 2.75) is 321 Å². The van der Waals surface area contributed by atoms with Crippen molar-refractivity contribution >= 4 is 13.7 Å². The molecule has 0 saturated heterocycles. The molecule has 8 nitrogen and oxygen atoms in total. The van der Waals surface area contributed by atoms with E-state index in [1.807, 2.05) is 27.2 Å². The number of phosphoric acid groups is 1. The van der Waals surface area contributed by atoms with Crippen molar-refractivity contribution in [3.05, 3.63) is 48.6 Å². The zero-order valence-corrected chi connectivity index (χ0v) is 50.7.